The van der Waals surface area contributed by atoms with E-state index in [9.17, 15) is 0 Å². The molecule has 1 heterocycles. The summed E-state index contributed by atoms with van der Waals surface area (Å²) in [7, 11) is 0. The first kappa shape index (κ1) is 36.9. The van der Waals surface area contributed by atoms with Gasteiger partial charge in [-0.3, -0.25) is 0 Å². The standard InChI is InChI=1S/C61H42N2/c1-61(2)53-33-17-32-47(58(53)52-36-42-22-9-10-23-43(42)37-54(52)61)44-25-16-27-46(35-44)57-48-28-11-13-30-50(48)59(51-31-14-12-29-49(51)57)56-38-55(62-60(63-56)40-20-7-4-8-21-40)45-26-15-24-41(34-45)39-18-5-3-6-19-39/h3-38H,1-2H3. The summed E-state index contributed by atoms with van der Waals surface area (Å²) in [6.45, 7) is 4.75. The lowest BCUT2D eigenvalue weighted by atomic mass is 9.81. The van der Waals surface area contributed by atoms with Gasteiger partial charge in [-0.25, -0.2) is 9.97 Å². The minimum Gasteiger partial charge on any atom is -0.228 e. The van der Waals surface area contributed by atoms with Gasteiger partial charge in [-0.15, -0.1) is 0 Å². The van der Waals surface area contributed by atoms with Crippen LogP contribution in [0.4, 0.5) is 0 Å². The molecule has 0 saturated carbocycles. The van der Waals surface area contributed by atoms with Gasteiger partial charge < -0.3 is 0 Å². The van der Waals surface area contributed by atoms with Gasteiger partial charge in [0.15, 0.2) is 5.82 Å². The Balaban J connectivity index is 1.06. The fourth-order valence-electron chi connectivity index (χ4n) is 10.2. The van der Waals surface area contributed by atoms with Crippen LogP contribution in [0.3, 0.4) is 0 Å². The first-order valence-electron chi connectivity index (χ1n) is 21.8. The number of rotatable bonds is 6. The van der Waals surface area contributed by atoms with Crippen molar-refractivity contribution in [3.8, 4) is 78.4 Å². The summed E-state index contributed by atoms with van der Waals surface area (Å²) in [6.07, 6.45) is 0. The molecule has 0 radical (unpaired) electrons. The van der Waals surface area contributed by atoms with Gasteiger partial charge in [-0.2, -0.15) is 0 Å². The lowest BCUT2D eigenvalue weighted by molar-refractivity contribution is 0.661. The lowest BCUT2D eigenvalue weighted by Gasteiger charge is -2.22. The summed E-state index contributed by atoms with van der Waals surface area (Å²) in [4.78, 5) is 10.7. The Morgan fingerprint density at radius 1 is 0.302 bits per heavy atom. The number of fused-ring (bicyclic) bond motifs is 6. The van der Waals surface area contributed by atoms with E-state index in [1.807, 2.05) is 6.07 Å². The lowest BCUT2D eigenvalue weighted by Crippen LogP contribution is -2.14. The van der Waals surface area contributed by atoms with Gasteiger partial charge in [-0.1, -0.05) is 202 Å². The van der Waals surface area contributed by atoms with Gasteiger partial charge in [0.05, 0.1) is 11.4 Å². The topological polar surface area (TPSA) is 25.8 Å². The molecule has 2 heteroatoms. The third kappa shape index (κ3) is 6.09. The highest BCUT2D eigenvalue weighted by Gasteiger charge is 2.37. The summed E-state index contributed by atoms with van der Waals surface area (Å²) in [5.74, 6) is 0.700. The molecule has 0 aliphatic heterocycles. The monoisotopic (exact) mass is 802 g/mol. The van der Waals surface area contributed by atoms with E-state index in [1.54, 1.807) is 0 Å². The van der Waals surface area contributed by atoms with Crippen LogP contribution in [0.15, 0.2) is 218 Å². The van der Waals surface area contributed by atoms with E-state index >= 15 is 0 Å². The van der Waals surface area contributed by atoms with Gasteiger partial charge in [0.25, 0.3) is 0 Å². The molecule has 10 aromatic carbocycles. The van der Waals surface area contributed by atoms with Crippen molar-refractivity contribution in [1.29, 1.82) is 0 Å². The molecule has 12 rings (SSSR count). The number of nitrogens with zero attached hydrogens (tertiary/aromatic N) is 2. The van der Waals surface area contributed by atoms with E-state index in [2.05, 4.69) is 226 Å². The van der Waals surface area contributed by atoms with Crippen LogP contribution in [0.5, 0.6) is 0 Å². The van der Waals surface area contributed by atoms with Crippen LogP contribution in [0.25, 0.3) is 111 Å². The molecule has 1 aromatic heterocycles. The van der Waals surface area contributed by atoms with Crippen molar-refractivity contribution in [2.24, 2.45) is 0 Å². The number of hydrogen-bond acceptors (Lipinski definition) is 2. The zero-order valence-electron chi connectivity index (χ0n) is 35.2. The van der Waals surface area contributed by atoms with Crippen LogP contribution in [-0.4, -0.2) is 9.97 Å². The second kappa shape index (κ2) is 14.6. The predicted molar refractivity (Wildman–Crippen MR) is 265 cm³/mol. The number of benzene rings is 10. The smallest absolute Gasteiger partial charge is 0.160 e. The molecule has 0 amide bonds. The predicted octanol–water partition coefficient (Wildman–Crippen LogP) is 16.2. The summed E-state index contributed by atoms with van der Waals surface area (Å²) < 4.78 is 0. The average molecular weight is 803 g/mol. The maximum Gasteiger partial charge on any atom is 0.160 e. The van der Waals surface area contributed by atoms with Crippen LogP contribution in [0.1, 0.15) is 25.0 Å². The molecular weight excluding hydrogens is 761 g/mol. The fraction of sp³-hybridized carbons (Fsp3) is 0.0492. The highest BCUT2D eigenvalue weighted by atomic mass is 14.9. The van der Waals surface area contributed by atoms with Crippen LogP contribution in [0.2, 0.25) is 0 Å². The second-order valence-electron chi connectivity index (χ2n) is 17.3. The Labute approximate surface area is 367 Å². The zero-order chi connectivity index (χ0) is 42.1. The normalized spacial score (nSPS) is 12.7. The molecule has 0 saturated heterocycles. The minimum atomic E-state index is -0.115. The summed E-state index contributed by atoms with van der Waals surface area (Å²) in [5.41, 5.74) is 17.4. The Morgan fingerprint density at radius 3 is 1.51 bits per heavy atom. The second-order valence-corrected chi connectivity index (χ2v) is 17.3. The van der Waals surface area contributed by atoms with Gasteiger partial charge in [0.2, 0.25) is 0 Å². The molecule has 296 valence electrons. The van der Waals surface area contributed by atoms with E-state index in [0.29, 0.717) is 5.82 Å². The van der Waals surface area contributed by atoms with Crippen molar-refractivity contribution < 1.29 is 0 Å². The molecule has 0 unspecified atom stereocenters. The van der Waals surface area contributed by atoms with E-state index in [1.165, 1.54) is 71.6 Å². The van der Waals surface area contributed by atoms with Crippen molar-refractivity contribution in [1.82, 2.24) is 9.97 Å². The largest absolute Gasteiger partial charge is 0.228 e. The SMILES string of the molecule is CC1(C)c2cc3ccccc3cc2-c2c(-c3cccc(-c4c5ccccc5c(-c5cc(-c6cccc(-c7ccccc7)c6)nc(-c6ccccc6)n5)c5ccccc45)c3)cccc21. The quantitative estimate of drug-likeness (QED) is 0.157. The average Bonchev–Trinajstić information content (AvgIpc) is 3.57. The Kier molecular flexibility index (Phi) is 8.55. The van der Waals surface area contributed by atoms with Crippen molar-refractivity contribution in [3.05, 3.63) is 230 Å². The maximum atomic E-state index is 5.41. The van der Waals surface area contributed by atoms with Crippen molar-refractivity contribution >= 4 is 32.3 Å². The van der Waals surface area contributed by atoms with Gasteiger partial charge in [-0.05, 0) is 118 Å². The van der Waals surface area contributed by atoms with Crippen molar-refractivity contribution in [3.63, 3.8) is 0 Å². The summed E-state index contributed by atoms with van der Waals surface area (Å²) in [5, 5.41) is 7.24. The third-order valence-electron chi connectivity index (χ3n) is 13.2. The van der Waals surface area contributed by atoms with Crippen LogP contribution in [0, 0.1) is 0 Å². The highest BCUT2D eigenvalue weighted by molar-refractivity contribution is 6.21. The van der Waals surface area contributed by atoms with Crippen molar-refractivity contribution in [2.75, 3.05) is 0 Å². The van der Waals surface area contributed by atoms with Gasteiger partial charge in [0, 0.05) is 22.1 Å². The first-order chi connectivity index (χ1) is 31.0. The number of hydrogen-bond donors (Lipinski definition) is 0. The third-order valence-corrected chi connectivity index (χ3v) is 13.2. The van der Waals surface area contributed by atoms with Gasteiger partial charge in [0.1, 0.15) is 0 Å². The van der Waals surface area contributed by atoms with E-state index in [-0.39, 0.29) is 5.41 Å². The van der Waals surface area contributed by atoms with E-state index in [4.69, 9.17) is 9.97 Å². The Morgan fingerprint density at radius 2 is 0.810 bits per heavy atom. The van der Waals surface area contributed by atoms with Crippen molar-refractivity contribution in [2.45, 2.75) is 19.3 Å². The molecular formula is C61H42N2. The molecule has 11 aromatic rings. The molecule has 0 bridgehead atoms. The molecule has 63 heavy (non-hydrogen) atoms. The Bertz CT molecular complexity index is 3530. The minimum absolute atomic E-state index is 0.115. The first-order valence-corrected chi connectivity index (χ1v) is 21.8. The van der Waals surface area contributed by atoms with Crippen LogP contribution < -0.4 is 0 Å². The molecule has 0 spiro atoms. The summed E-state index contributed by atoms with van der Waals surface area (Å²) >= 11 is 0. The molecule has 2 nitrogen and oxygen atoms in total. The molecule has 0 fully saturated rings. The van der Waals surface area contributed by atoms with E-state index in [0.717, 1.165) is 44.4 Å². The summed E-state index contributed by atoms with van der Waals surface area (Å²) in [6, 6.07) is 79.1. The van der Waals surface area contributed by atoms with Gasteiger partial charge >= 0.3 is 0 Å². The molecule has 1 aliphatic rings. The molecule has 0 N–H and O–H groups in total. The van der Waals surface area contributed by atoms with Crippen LogP contribution in [-0.2, 0) is 5.41 Å². The molecule has 0 atom stereocenters. The van der Waals surface area contributed by atoms with Crippen LogP contribution >= 0.6 is 0 Å². The zero-order valence-corrected chi connectivity index (χ0v) is 35.2. The fourth-order valence-corrected chi connectivity index (χ4v) is 10.2. The number of aromatic nitrogens is 2. The maximum absolute atomic E-state index is 5.41. The Hall–Kier alpha value is -7.94. The molecule has 1 aliphatic carbocycles. The van der Waals surface area contributed by atoms with E-state index < -0.39 is 0 Å². The highest BCUT2D eigenvalue weighted by Crippen LogP contribution is 2.53.